The predicted octanol–water partition coefficient (Wildman–Crippen LogP) is 2.71. The van der Waals surface area contributed by atoms with Crippen molar-refractivity contribution in [2.75, 3.05) is 11.9 Å². The Kier molecular flexibility index (Phi) is 4.37. The Bertz CT molecular complexity index is 429. The molecule has 1 aromatic carbocycles. The summed E-state index contributed by atoms with van der Waals surface area (Å²) in [4.78, 5) is 11.8. The first-order valence-electron chi connectivity index (χ1n) is 6.81. The zero-order valence-electron chi connectivity index (χ0n) is 11.3. The van der Waals surface area contributed by atoms with Crippen molar-refractivity contribution in [3.05, 3.63) is 29.3 Å². The smallest absolute Gasteiger partial charge is 0.224 e. The first kappa shape index (κ1) is 13.1. The van der Waals surface area contributed by atoms with Crippen molar-refractivity contribution in [2.45, 2.75) is 39.7 Å². The Labute approximate surface area is 109 Å². The first-order chi connectivity index (χ1) is 8.69. The van der Waals surface area contributed by atoms with Crippen LogP contribution >= 0.6 is 0 Å². The Morgan fingerprint density at radius 3 is 3.06 bits per heavy atom. The summed E-state index contributed by atoms with van der Waals surface area (Å²) in [7, 11) is 0. The van der Waals surface area contributed by atoms with E-state index in [1.54, 1.807) is 0 Å². The minimum absolute atomic E-state index is 0.119. The topological polar surface area (TPSA) is 41.1 Å². The molecule has 0 aliphatic carbocycles. The molecule has 3 heteroatoms. The summed E-state index contributed by atoms with van der Waals surface area (Å²) in [5, 5.41) is 6.34. The molecule has 0 saturated carbocycles. The van der Waals surface area contributed by atoms with E-state index in [4.69, 9.17) is 0 Å². The highest BCUT2D eigenvalue weighted by Crippen LogP contribution is 2.19. The van der Waals surface area contributed by atoms with Crippen LogP contribution in [0.4, 0.5) is 5.69 Å². The van der Waals surface area contributed by atoms with Crippen molar-refractivity contribution in [1.82, 2.24) is 5.32 Å². The number of carbonyl (C=O) groups is 1. The van der Waals surface area contributed by atoms with Crippen LogP contribution in [-0.2, 0) is 17.8 Å². The predicted molar refractivity (Wildman–Crippen MR) is 74.6 cm³/mol. The molecule has 1 unspecified atom stereocenters. The van der Waals surface area contributed by atoms with Crippen LogP contribution in [0, 0.1) is 5.92 Å². The van der Waals surface area contributed by atoms with Crippen molar-refractivity contribution in [2.24, 2.45) is 5.92 Å². The van der Waals surface area contributed by atoms with E-state index in [-0.39, 0.29) is 5.91 Å². The quantitative estimate of drug-likeness (QED) is 0.857. The Morgan fingerprint density at radius 2 is 2.28 bits per heavy atom. The van der Waals surface area contributed by atoms with Gasteiger partial charge in [0.05, 0.1) is 0 Å². The number of carbonyl (C=O) groups excluding carboxylic acids is 1. The van der Waals surface area contributed by atoms with Gasteiger partial charge >= 0.3 is 0 Å². The van der Waals surface area contributed by atoms with Crippen molar-refractivity contribution in [3.8, 4) is 0 Å². The maximum Gasteiger partial charge on any atom is 0.224 e. The molecule has 0 spiro atoms. The van der Waals surface area contributed by atoms with Crippen LogP contribution in [0.3, 0.4) is 0 Å². The molecule has 1 aliphatic rings. The number of hydrogen-bond acceptors (Lipinski definition) is 2. The van der Waals surface area contributed by atoms with Gasteiger partial charge < -0.3 is 10.6 Å². The molecule has 98 valence electrons. The summed E-state index contributed by atoms with van der Waals surface area (Å²) in [5.41, 5.74) is 3.63. The highest BCUT2D eigenvalue weighted by molar-refractivity contribution is 5.90. The van der Waals surface area contributed by atoms with Gasteiger partial charge in [0, 0.05) is 18.7 Å². The largest absolute Gasteiger partial charge is 0.326 e. The van der Waals surface area contributed by atoms with Gasteiger partial charge in [0.25, 0.3) is 0 Å². The zero-order valence-corrected chi connectivity index (χ0v) is 11.3. The van der Waals surface area contributed by atoms with Gasteiger partial charge in [-0.05, 0) is 42.1 Å². The summed E-state index contributed by atoms with van der Waals surface area (Å²) in [6.45, 7) is 6.18. The van der Waals surface area contributed by atoms with Crippen LogP contribution in [0.15, 0.2) is 18.2 Å². The van der Waals surface area contributed by atoms with Gasteiger partial charge in [0.2, 0.25) is 5.91 Å². The lowest BCUT2D eigenvalue weighted by Crippen LogP contribution is -2.24. The number of amides is 1. The Balaban J connectivity index is 1.99. The van der Waals surface area contributed by atoms with E-state index in [9.17, 15) is 4.79 Å². The van der Waals surface area contributed by atoms with E-state index < -0.39 is 0 Å². The van der Waals surface area contributed by atoms with Crippen molar-refractivity contribution < 1.29 is 4.79 Å². The highest BCUT2D eigenvalue weighted by Gasteiger charge is 2.11. The van der Waals surface area contributed by atoms with E-state index >= 15 is 0 Å². The molecular weight excluding hydrogens is 224 g/mol. The van der Waals surface area contributed by atoms with Gasteiger partial charge in [-0.1, -0.05) is 26.3 Å². The number of nitrogens with one attached hydrogen (secondary N) is 2. The Morgan fingerprint density at radius 1 is 1.44 bits per heavy atom. The van der Waals surface area contributed by atoms with Crippen molar-refractivity contribution in [3.63, 3.8) is 0 Å². The fraction of sp³-hybridized carbons (Fsp3) is 0.533. The number of hydrogen-bond donors (Lipinski definition) is 2. The second-order valence-electron chi connectivity index (χ2n) is 5.18. The van der Waals surface area contributed by atoms with Gasteiger partial charge in [0.1, 0.15) is 0 Å². The summed E-state index contributed by atoms with van der Waals surface area (Å²) < 4.78 is 0. The lowest BCUT2D eigenvalue weighted by atomic mass is 10.00. The molecule has 18 heavy (non-hydrogen) atoms. The molecule has 1 amide bonds. The van der Waals surface area contributed by atoms with E-state index in [0.29, 0.717) is 12.3 Å². The highest BCUT2D eigenvalue weighted by atomic mass is 16.1. The minimum atomic E-state index is 0.119. The normalized spacial score (nSPS) is 15.9. The van der Waals surface area contributed by atoms with Crippen LogP contribution in [-0.4, -0.2) is 12.5 Å². The molecule has 1 aliphatic heterocycles. The molecule has 0 saturated heterocycles. The third-order valence-electron chi connectivity index (χ3n) is 3.61. The molecule has 0 fully saturated rings. The van der Waals surface area contributed by atoms with Crippen LogP contribution in [0.25, 0.3) is 0 Å². The molecule has 0 aromatic heterocycles. The van der Waals surface area contributed by atoms with E-state index in [0.717, 1.165) is 31.6 Å². The third-order valence-corrected chi connectivity index (χ3v) is 3.61. The second kappa shape index (κ2) is 6.01. The molecule has 1 atom stereocenters. The average molecular weight is 246 g/mol. The Hall–Kier alpha value is -1.35. The number of anilines is 1. The van der Waals surface area contributed by atoms with Crippen LogP contribution in [0.1, 0.15) is 37.8 Å². The summed E-state index contributed by atoms with van der Waals surface area (Å²) in [6.07, 6.45) is 2.73. The average Bonchev–Trinajstić information content (AvgIpc) is 2.38. The molecule has 2 N–H and O–H groups in total. The lowest BCUT2D eigenvalue weighted by molar-refractivity contribution is -0.117. The fourth-order valence-corrected chi connectivity index (χ4v) is 2.23. The molecular formula is C15H22N2O. The van der Waals surface area contributed by atoms with E-state index in [2.05, 4.69) is 36.6 Å². The molecule has 2 rings (SSSR count). The monoisotopic (exact) mass is 246 g/mol. The van der Waals surface area contributed by atoms with E-state index in [1.165, 1.54) is 11.1 Å². The van der Waals surface area contributed by atoms with Gasteiger partial charge in [-0.2, -0.15) is 0 Å². The standard InChI is InChI=1S/C15H22N2O/c1-3-11(2)8-15(18)17-14-5-4-12-6-7-16-10-13(12)9-14/h4-5,9,11,16H,3,6-8,10H2,1-2H3,(H,17,18). The summed E-state index contributed by atoms with van der Waals surface area (Å²) >= 11 is 0. The second-order valence-corrected chi connectivity index (χ2v) is 5.18. The summed E-state index contributed by atoms with van der Waals surface area (Å²) in [5.74, 6) is 0.567. The maximum absolute atomic E-state index is 11.8. The molecule has 3 nitrogen and oxygen atoms in total. The molecule has 0 bridgehead atoms. The van der Waals surface area contributed by atoms with E-state index in [1.807, 2.05) is 6.07 Å². The SMILES string of the molecule is CCC(C)CC(=O)Nc1ccc2c(c1)CNCC2. The number of benzene rings is 1. The number of fused-ring (bicyclic) bond motifs is 1. The van der Waals surface area contributed by atoms with Gasteiger partial charge in [0.15, 0.2) is 0 Å². The lowest BCUT2D eigenvalue weighted by Gasteiger charge is -2.18. The van der Waals surface area contributed by atoms with Gasteiger partial charge in [-0.3, -0.25) is 4.79 Å². The van der Waals surface area contributed by atoms with Crippen molar-refractivity contribution >= 4 is 11.6 Å². The zero-order chi connectivity index (χ0) is 13.0. The molecule has 1 aromatic rings. The minimum Gasteiger partial charge on any atom is -0.326 e. The molecule has 0 radical (unpaired) electrons. The van der Waals surface area contributed by atoms with Crippen LogP contribution < -0.4 is 10.6 Å². The van der Waals surface area contributed by atoms with Gasteiger partial charge in [-0.15, -0.1) is 0 Å². The summed E-state index contributed by atoms with van der Waals surface area (Å²) in [6, 6.07) is 6.24. The first-order valence-corrected chi connectivity index (χ1v) is 6.81. The fourth-order valence-electron chi connectivity index (χ4n) is 2.23. The number of rotatable bonds is 4. The maximum atomic E-state index is 11.8. The van der Waals surface area contributed by atoms with Crippen LogP contribution in [0.5, 0.6) is 0 Å². The van der Waals surface area contributed by atoms with Gasteiger partial charge in [-0.25, -0.2) is 0 Å². The van der Waals surface area contributed by atoms with Crippen molar-refractivity contribution in [1.29, 1.82) is 0 Å². The van der Waals surface area contributed by atoms with Crippen LogP contribution in [0.2, 0.25) is 0 Å². The third kappa shape index (κ3) is 3.33. The molecule has 1 heterocycles.